The lowest BCUT2D eigenvalue weighted by Crippen LogP contribution is -1.88. The summed E-state index contributed by atoms with van der Waals surface area (Å²) in [5, 5.41) is 14.1. The Labute approximate surface area is 126 Å². The molecule has 5 nitrogen and oxygen atoms in total. The lowest BCUT2D eigenvalue weighted by Gasteiger charge is -2.11. The number of methoxy groups -OCH3 is 1. The third kappa shape index (κ3) is 2.44. The second kappa shape index (κ2) is 5.73. The molecule has 0 saturated heterocycles. The second-order valence-electron chi connectivity index (χ2n) is 4.66. The first-order valence-electron chi connectivity index (χ1n) is 6.63. The lowest BCUT2D eigenvalue weighted by molar-refractivity contribution is 0.412. The van der Waals surface area contributed by atoms with Crippen LogP contribution in [0.25, 0.3) is 10.8 Å². The SMILES string of the molecule is COc1ccc(Oc2cc(O)c(N=O)c3ccccc23)cc1. The highest BCUT2D eigenvalue weighted by Crippen LogP contribution is 2.42. The molecule has 0 saturated carbocycles. The van der Waals surface area contributed by atoms with E-state index in [1.54, 1.807) is 43.5 Å². The van der Waals surface area contributed by atoms with Gasteiger partial charge in [-0.25, -0.2) is 0 Å². The van der Waals surface area contributed by atoms with Gasteiger partial charge in [-0.2, -0.15) is 0 Å². The fourth-order valence-corrected chi connectivity index (χ4v) is 2.26. The number of aromatic hydroxyl groups is 1. The van der Waals surface area contributed by atoms with Crippen molar-refractivity contribution in [2.75, 3.05) is 7.11 Å². The van der Waals surface area contributed by atoms with Crippen molar-refractivity contribution in [2.45, 2.75) is 0 Å². The van der Waals surface area contributed by atoms with Crippen molar-refractivity contribution >= 4 is 16.5 Å². The van der Waals surface area contributed by atoms with Gasteiger partial charge in [0.25, 0.3) is 0 Å². The van der Waals surface area contributed by atoms with Crippen molar-refractivity contribution in [2.24, 2.45) is 5.18 Å². The highest BCUT2D eigenvalue weighted by atomic mass is 16.5. The molecule has 22 heavy (non-hydrogen) atoms. The molecule has 110 valence electrons. The molecule has 0 bridgehead atoms. The van der Waals surface area contributed by atoms with Gasteiger partial charge in [-0.15, -0.1) is 4.91 Å². The van der Waals surface area contributed by atoms with Gasteiger partial charge in [-0.3, -0.25) is 0 Å². The molecule has 0 spiro atoms. The van der Waals surface area contributed by atoms with Crippen molar-refractivity contribution in [1.29, 1.82) is 0 Å². The Kier molecular flexibility index (Phi) is 3.62. The van der Waals surface area contributed by atoms with Crippen molar-refractivity contribution in [1.82, 2.24) is 0 Å². The third-order valence-corrected chi connectivity index (χ3v) is 3.34. The van der Waals surface area contributed by atoms with Crippen LogP contribution in [-0.4, -0.2) is 12.2 Å². The lowest BCUT2D eigenvalue weighted by atomic mass is 10.1. The summed E-state index contributed by atoms with van der Waals surface area (Å²) in [4.78, 5) is 10.9. The van der Waals surface area contributed by atoms with Gasteiger partial charge in [-0.05, 0) is 29.4 Å². The van der Waals surface area contributed by atoms with Gasteiger partial charge in [0.15, 0.2) is 5.69 Å². The van der Waals surface area contributed by atoms with E-state index >= 15 is 0 Å². The second-order valence-corrected chi connectivity index (χ2v) is 4.66. The number of hydrogen-bond donors (Lipinski definition) is 1. The zero-order chi connectivity index (χ0) is 15.5. The van der Waals surface area contributed by atoms with Crippen LogP contribution in [0, 0.1) is 4.91 Å². The molecule has 0 unspecified atom stereocenters. The number of nitrogens with zero attached hydrogens (tertiary/aromatic N) is 1. The Morgan fingerprint density at radius 2 is 1.59 bits per heavy atom. The summed E-state index contributed by atoms with van der Waals surface area (Å²) in [6, 6.07) is 15.6. The summed E-state index contributed by atoms with van der Waals surface area (Å²) in [6.07, 6.45) is 0. The standard InChI is InChI=1S/C17H13NO4/c1-21-11-6-8-12(9-7-11)22-16-10-15(19)17(18-20)14-5-3-2-4-13(14)16/h2-10,19H,1H3. The molecule has 5 heteroatoms. The first-order valence-corrected chi connectivity index (χ1v) is 6.63. The Bertz CT molecular complexity index is 828. The smallest absolute Gasteiger partial charge is 0.157 e. The van der Waals surface area contributed by atoms with E-state index in [1.807, 2.05) is 12.1 Å². The predicted molar refractivity (Wildman–Crippen MR) is 84.1 cm³/mol. The molecule has 0 aromatic heterocycles. The molecule has 0 fully saturated rings. The highest BCUT2D eigenvalue weighted by molar-refractivity contribution is 5.99. The minimum atomic E-state index is -0.211. The van der Waals surface area contributed by atoms with Crippen LogP contribution in [0.15, 0.2) is 59.8 Å². The number of rotatable bonds is 4. The van der Waals surface area contributed by atoms with Crippen LogP contribution in [-0.2, 0) is 0 Å². The Morgan fingerprint density at radius 3 is 2.23 bits per heavy atom. The van der Waals surface area contributed by atoms with E-state index in [2.05, 4.69) is 5.18 Å². The van der Waals surface area contributed by atoms with Crippen LogP contribution >= 0.6 is 0 Å². The van der Waals surface area contributed by atoms with Crippen LogP contribution < -0.4 is 9.47 Å². The zero-order valence-corrected chi connectivity index (χ0v) is 11.8. The van der Waals surface area contributed by atoms with Gasteiger partial charge in [0.1, 0.15) is 23.0 Å². The van der Waals surface area contributed by atoms with Gasteiger partial charge in [0, 0.05) is 16.8 Å². The van der Waals surface area contributed by atoms with E-state index in [1.165, 1.54) is 6.07 Å². The van der Waals surface area contributed by atoms with Crippen molar-refractivity contribution in [3.8, 4) is 23.0 Å². The monoisotopic (exact) mass is 295 g/mol. The Hall–Kier alpha value is -3.08. The molecule has 3 aromatic rings. The molecule has 0 aliphatic carbocycles. The maximum absolute atomic E-state index is 10.9. The Morgan fingerprint density at radius 1 is 0.955 bits per heavy atom. The molecule has 0 heterocycles. The minimum absolute atomic E-state index is 0.0117. The van der Waals surface area contributed by atoms with Crippen molar-refractivity contribution < 1.29 is 14.6 Å². The van der Waals surface area contributed by atoms with Gasteiger partial charge < -0.3 is 14.6 Å². The van der Waals surface area contributed by atoms with Crippen LogP contribution in [0.5, 0.6) is 23.0 Å². The fourth-order valence-electron chi connectivity index (χ4n) is 2.26. The molecule has 0 aliphatic rings. The summed E-state index contributed by atoms with van der Waals surface area (Å²) >= 11 is 0. The van der Waals surface area contributed by atoms with E-state index in [0.29, 0.717) is 22.3 Å². The predicted octanol–water partition coefficient (Wildman–Crippen LogP) is 4.74. The van der Waals surface area contributed by atoms with E-state index in [0.717, 1.165) is 5.75 Å². The molecule has 3 rings (SSSR count). The zero-order valence-electron chi connectivity index (χ0n) is 11.8. The van der Waals surface area contributed by atoms with Crippen LogP contribution in [0.2, 0.25) is 0 Å². The van der Waals surface area contributed by atoms with Crippen molar-refractivity contribution in [3.63, 3.8) is 0 Å². The number of fused-ring (bicyclic) bond motifs is 1. The van der Waals surface area contributed by atoms with Gasteiger partial charge in [0.05, 0.1) is 7.11 Å². The molecule has 0 amide bonds. The summed E-state index contributed by atoms with van der Waals surface area (Å²) < 4.78 is 10.9. The number of benzene rings is 3. The van der Waals surface area contributed by atoms with Gasteiger partial charge in [-0.1, -0.05) is 24.3 Å². The largest absolute Gasteiger partial charge is 0.505 e. The van der Waals surface area contributed by atoms with Crippen LogP contribution in [0.3, 0.4) is 0 Å². The summed E-state index contributed by atoms with van der Waals surface area (Å²) in [6.45, 7) is 0. The Balaban J connectivity index is 2.08. The number of ether oxygens (including phenoxy) is 2. The first kappa shape index (κ1) is 13.9. The topological polar surface area (TPSA) is 68.1 Å². The van der Waals surface area contributed by atoms with E-state index in [-0.39, 0.29) is 11.4 Å². The molecule has 0 aliphatic heterocycles. The normalized spacial score (nSPS) is 10.4. The average molecular weight is 295 g/mol. The maximum atomic E-state index is 10.9. The highest BCUT2D eigenvalue weighted by Gasteiger charge is 2.13. The molecule has 0 radical (unpaired) electrons. The summed E-state index contributed by atoms with van der Waals surface area (Å²) in [5.41, 5.74) is 0.0117. The van der Waals surface area contributed by atoms with E-state index < -0.39 is 0 Å². The van der Waals surface area contributed by atoms with Crippen LogP contribution in [0.4, 0.5) is 5.69 Å². The quantitative estimate of drug-likeness (QED) is 0.705. The van der Waals surface area contributed by atoms with E-state index in [4.69, 9.17) is 9.47 Å². The van der Waals surface area contributed by atoms with E-state index in [9.17, 15) is 10.0 Å². The summed E-state index contributed by atoms with van der Waals surface area (Å²) in [7, 11) is 1.59. The van der Waals surface area contributed by atoms with Gasteiger partial charge in [0.2, 0.25) is 0 Å². The van der Waals surface area contributed by atoms with Gasteiger partial charge >= 0.3 is 0 Å². The molecular weight excluding hydrogens is 282 g/mol. The molecule has 0 atom stereocenters. The first-order chi connectivity index (χ1) is 10.7. The fraction of sp³-hybridized carbons (Fsp3) is 0.0588. The number of nitroso groups, excluding NO2 is 1. The average Bonchev–Trinajstić information content (AvgIpc) is 2.56. The maximum Gasteiger partial charge on any atom is 0.157 e. The molecule has 1 N–H and O–H groups in total. The minimum Gasteiger partial charge on any atom is -0.505 e. The molecular formula is C17H13NO4. The third-order valence-electron chi connectivity index (χ3n) is 3.34. The number of phenols is 1. The number of hydrogen-bond acceptors (Lipinski definition) is 5. The van der Waals surface area contributed by atoms with Crippen molar-refractivity contribution in [3.05, 3.63) is 59.5 Å². The molecule has 3 aromatic carbocycles. The number of phenolic OH excluding ortho intramolecular Hbond substituents is 1. The summed E-state index contributed by atoms with van der Waals surface area (Å²) in [5.74, 6) is 1.56. The van der Waals surface area contributed by atoms with Crippen LogP contribution in [0.1, 0.15) is 0 Å².